The van der Waals surface area contributed by atoms with Crippen molar-refractivity contribution < 1.29 is 0 Å². The van der Waals surface area contributed by atoms with Crippen LogP contribution in [0.4, 0.5) is 0 Å². The highest BCUT2D eigenvalue weighted by atomic mass is 13.9. The van der Waals surface area contributed by atoms with Crippen molar-refractivity contribution in [3.63, 3.8) is 0 Å². The topological polar surface area (TPSA) is 0 Å². The van der Waals surface area contributed by atoms with Crippen molar-refractivity contribution in [2.75, 3.05) is 0 Å². The molecule has 0 bridgehead atoms. The number of benzene rings is 1. The van der Waals surface area contributed by atoms with E-state index in [1.165, 1.54) is 11.1 Å². The molecule has 0 aliphatic heterocycles. The highest BCUT2D eigenvalue weighted by Crippen LogP contribution is 2.04. The van der Waals surface area contributed by atoms with Crippen LogP contribution in [-0.4, -0.2) is 0 Å². The van der Waals surface area contributed by atoms with E-state index in [1.807, 2.05) is 25.2 Å². The van der Waals surface area contributed by atoms with E-state index in [9.17, 15) is 0 Å². The monoisotopic (exact) mass is 158 g/mol. The Bertz CT molecular complexity index is 275. The predicted octanol–water partition coefficient (Wildman–Crippen LogP) is 3.58. The third-order valence-electron chi connectivity index (χ3n) is 1.67. The molecule has 0 saturated heterocycles. The number of rotatable bonds is 2. The molecule has 0 aromatic heterocycles. The average Bonchev–Trinajstić information content (AvgIpc) is 2.09. The molecule has 0 aliphatic rings. The molecule has 0 fully saturated rings. The first-order valence-electron chi connectivity index (χ1n) is 4.19. The largest absolute Gasteiger partial charge is 0.0877 e. The summed E-state index contributed by atoms with van der Waals surface area (Å²) in [6, 6.07) is 8.48. The summed E-state index contributed by atoms with van der Waals surface area (Å²) in [5.74, 6) is 0. The molecular weight excluding hydrogens is 144 g/mol. The zero-order valence-electron chi connectivity index (χ0n) is 7.62. The molecule has 1 aromatic rings. The summed E-state index contributed by atoms with van der Waals surface area (Å²) in [7, 11) is 0. The minimum atomic E-state index is 1.25. The van der Waals surface area contributed by atoms with Crippen molar-refractivity contribution in [2.45, 2.75) is 13.8 Å². The smallest absolute Gasteiger partial charge is 0.0256 e. The molecule has 0 atom stereocenters. The lowest BCUT2D eigenvalue weighted by molar-refractivity contribution is 1.46. The van der Waals surface area contributed by atoms with E-state index < -0.39 is 0 Å². The first kappa shape index (κ1) is 8.79. The number of allylic oxidation sites excluding steroid dienone is 3. The standard InChI is InChI=1S/C12H14/c1-3-4-5-6-12-9-7-11(2)8-10-12/h3-10H,1-2H3. The van der Waals surface area contributed by atoms with Crippen LogP contribution in [0.2, 0.25) is 0 Å². The molecule has 0 aliphatic carbocycles. The first-order valence-corrected chi connectivity index (χ1v) is 4.19. The maximum absolute atomic E-state index is 2.12. The van der Waals surface area contributed by atoms with E-state index in [4.69, 9.17) is 0 Å². The molecule has 1 rings (SSSR count). The molecule has 0 amide bonds. The average molecular weight is 158 g/mol. The van der Waals surface area contributed by atoms with Crippen LogP contribution in [-0.2, 0) is 0 Å². The minimum Gasteiger partial charge on any atom is -0.0877 e. The minimum absolute atomic E-state index is 1.25. The van der Waals surface area contributed by atoms with E-state index in [-0.39, 0.29) is 0 Å². The third kappa shape index (κ3) is 2.75. The maximum atomic E-state index is 2.12. The molecule has 0 radical (unpaired) electrons. The second-order valence-electron chi connectivity index (χ2n) is 2.80. The third-order valence-corrected chi connectivity index (χ3v) is 1.67. The normalized spacial score (nSPS) is 11.5. The summed E-state index contributed by atoms with van der Waals surface area (Å²) >= 11 is 0. The molecule has 1 aromatic carbocycles. The van der Waals surface area contributed by atoms with Crippen LogP contribution in [0.3, 0.4) is 0 Å². The van der Waals surface area contributed by atoms with Gasteiger partial charge in [0.1, 0.15) is 0 Å². The lowest BCUT2D eigenvalue weighted by atomic mass is 10.1. The second kappa shape index (κ2) is 4.55. The quantitative estimate of drug-likeness (QED) is 0.577. The van der Waals surface area contributed by atoms with Gasteiger partial charge in [-0.3, -0.25) is 0 Å². The Morgan fingerprint density at radius 1 is 1.00 bits per heavy atom. The summed E-state index contributed by atoms with van der Waals surface area (Å²) in [4.78, 5) is 0. The number of hydrogen-bond acceptors (Lipinski definition) is 0. The summed E-state index contributed by atoms with van der Waals surface area (Å²) < 4.78 is 0. The van der Waals surface area contributed by atoms with Gasteiger partial charge >= 0.3 is 0 Å². The fourth-order valence-corrected chi connectivity index (χ4v) is 0.955. The van der Waals surface area contributed by atoms with Crippen molar-refractivity contribution in [3.05, 3.63) is 53.6 Å². The van der Waals surface area contributed by atoms with Gasteiger partial charge in [0.2, 0.25) is 0 Å². The maximum Gasteiger partial charge on any atom is -0.0256 e. The Hall–Kier alpha value is -1.30. The van der Waals surface area contributed by atoms with E-state index in [1.54, 1.807) is 0 Å². The van der Waals surface area contributed by atoms with E-state index in [2.05, 4.69) is 37.3 Å². The van der Waals surface area contributed by atoms with Gasteiger partial charge in [0, 0.05) is 0 Å². The molecule has 0 saturated carbocycles. The summed E-state index contributed by atoms with van der Waals surface area (Å²) in [6.07, 6.45) is 8.19. The zero-order chi connectivity index (χ0) is 8.81. The molecule has 0 nitrogen and oxygen atoms in total. The van der Waals surface area contributed by atoms with E-state index in [0.29, 0.717) is 0 Å². The van der Waals surface area contributed by atoms with Gasteiger partial charge in [0.05, 0.1) is 0 Å². The fourth-order valence-electron chi connectivity index (χ4n) is 0.955. The summed E-state index contributed by atoms with van der Waals surface area (Å²) in [5.41, 5.74) is 2.55. The molecule has 0 heterocycles. The SMILES string of the molecule is CC=CC=Cc1ccc(C)cc1. The van der Waals surface area contributed by atoms with E-state index in [0.717, 1.165) is 0 Å². The second-order valence-corrected chi connectivity index (χ2v) is 2.80. The Labute approximate surface area is 74.2 Å². The van der Waals surface area contributed by atoms with Crippen LogP contribution in [0.25, 0.3) is 6.08 Å². The zero-order valence-corrected chi connectivity index (χ0v) is 7.62. The van der Waals surface area contributed by atoms with Gasteiger partial charge in [0.15, 0.2) is 0 Å². The molecular formula is C12H14. The van der Waals surface area contributed by atoms with Crippen molar-refractivity contribution in [3.8, 4) is 0 Å². The molecule has 0 spiro atoms. The number of hydrogen-bond donors (Lipinski definition) is 0. The van der Waals surface area contributed by atoms with Crippen molar-refractivity contribution in [1.82, 2.24) is 0 Å². The highest BCUT2D eigenvalue weighted by molar-refractivity contribution is 5.51. The van der Waals surface area contributed by atoms with Gasteiger partial charge in [0.25, 0.3) is 0 Å². The first-order chi connectivity index (χ1) is 5.83. The Kier molecular flexibility index (Phi) is 3.34. The molecule has 0 heteroatoms. The summed E-state index contributed by atoms with van der Waals surface area (Å²) in [5, 5.41) is 0. The van der Waals surface area contributed by atoms with Crippen LogP contribution >= 0.6 is 0 Å². The van der Waals surface area contributed by atoms with Gasteiger partial charge in [-0.2, -0.15) is 0 Å². The van der Waals surface area contributed by atoms with Gasteiger partial charge in [-0.25, -0.2) is 0 Å². The Morgan fingerprint density at radius 3 is 2.25 bits per heavy atom. The highest BCUT2D eigenvalue weighted by Gasteiger charge is 1.83. The van der Waals surface area contributed by atoms with Crippen LogP contribution in [0.5, 0.6) is 0 Å². The Morgan fingerprint density at radius 2 is 1.67 bits per heavy atom. The van der Waals surface area contributed by atoms with Gasteiger partial charge in [-0.1, -0.05) is 54.1 Å². The lowest BCUT2D eigenvalue weighted by Gasteiger charge is -1.92. The van der Waals surface area contributed by atoms with Gasteiger partial charge < -0.3 is 0 Å². The number of aryl methyl sites for hydroxylation is 1. The fraction of sp³-hybridized carbons (Fsp3) is 0.167. The van der Waals surface area contributed by atoms with E-state index >= 15 is 0 Å². The van der Waals surface area contributed by atoms with Crippen LogP contribution in [0, 0.1) is 6.92 Å². The Balaban J connectivity index is 2.70. The van der Waals surface area contributed by atoms with Gasteiger partial charge in [-0.15, -0.1) is 0 Å². The lowest BCUT2D eigenvalue weighted by Crippen LogP contribution is -1.72. The molecule has 12 heavy (non-hydrogen) atoms. The van der Waals surface area contributed by atoms with Crippen molar-refractivity contribution in [2.24, 2.45) is 0 Å². The van der Waals surface area contributed by atoms with Crippen LogP contribution in [0.1, 0.15) is 18.1 Å². The molecule has 62 valence electrons. The molecule has 0 N–H and O–H groups in total. The predicted molar refractivity (Wildman–Crippen MR) is 55.0 cm³/mol. The van der Waals surface area contributed by atoms with Crippen molar-refractivity contribution >= 4 is 6.08 Å². The van der Waals surface area contributed by atoms with Crippen LogP contribution < -0.4 is 0 Å². The van der Waals surface area contributed by atoms with Crippen LogP contribution in [0.15, 0.2) is 42.5 Å². The van der Waals surface area contributed by atoms with Crippen molar-refractivity contribution in [1.29, 1.82) is 0 Å². The molecule has 0 unspecified atom stereocenters. The summed E-state index contributed by atoms with van der Waals surface area (Å²) in [6.45, 7) is 4.11. The van der Waals surface area contributed by atoms with Gasteiger partial charge in [-0.05, 0) is 19.4 Å².